The van der Waals surface area contributed by atoms with Gasteiger partial charge in [0.25, 0.3) is 5.91 Å². The summed E-state index contributed by atoms with van der Waals surface area (Å²) in [6.45, 7) is 5.16. The predicted molar refractivity (Wildman–Crippen MR) is 117 cm³/mol. The summed E-state index contributed by atoms with van der Waals surface area (Å²) in [4.78, 5) is 38.6. The molecule has 2 saturated heterocycles. The number of carbonyl (C=O) groups is 3. The molecule has 2 aliphatic rings. The zero-order valence-electron chi connectivity index (χ0n) is 16.3. The molecule has 162 valence electrons. The predicted octanol–water partition coefficient (Wildman–Crippen LogP) is 1.08. The molecule has 2 fully saturated rings. The van der Waals surface area contributed by atoms with E-state index in [9.17, 15) is 19.5 Å². The summed E-state index contributed by atoms with van der Waals surface area (Å²) in [5.74, 6) is -1.70. The molecule has 4 N–H and O–H groups in total. The zero-order valence-corrected chi connectivity index (χ0v) is 17.9. The van der Waals surface area contributed by atoms with Crippen LogP contribution in [0.15, 0.2) is 28.8 Å². The summed E-state index contributed by atoms with van der Waals surface area (Å²) in [6.07, 6.45) is 0. The summed E-state index contributed by atoms with van der Waals surface area (Å²) in [5, 5.41) is 16.2. The molecule has 31 heavy (non-hydrogen) atoms. The number of aliphatic carboxylic acids is 1. The molecule has 2 amide bonds. The van der Waals surface area contributed by atoms with Crippen molar-refractivity contribution >= 4 is 70.7 Å². The van der Waals surface area contributed by atoms with E-state index in [2.05, 4.69) is 10.5 Å². The molecule has 1 aromatic carbocycles. The third kappa shape index (κ3) is 4.12. The fourth-order valence-corrected chi connectivity index (χ4v) is 5.69. The van der Waals surface area contributed by atoms with Crippen LogP contribution in [-0.2, 0) is 9.59 Å². The quantitative estimate of drug-likeness (QED) is 0.495. The molecular weight excluding hydrogens is 457 g/mol. The van der Waals surface area contributed by atoms with Crippen LogP contribution in [0.4, 0.5) is 0 Å². The molecule has 9 nitrogen and oxygen atoms in total. The van der Waals surface area contributed by atoms with Crippen molar-refractivity contribution in [1.82, 2.24) is 15.4 Å². The summed E-state index contributed by atoms with van der Waals surface area (Å²) >= 11 is 7.59. The monoisotopic (exact) mass is 477 g/mol. The fourth-order valence-electron chi connectivity index (χ4n) is 3.84. The molecule has 1 aromatic heterocycles. The Labute approximate surface area is 209 Å². The fraction of sp³-hybridized carbons (Fsp3) is 0.368. The number of aromatic nitrogens is 1. The van der Waals surface area contributed by atoms with E-state index in [4.69, 9.17) is 16.1 Å². The number of nitrogens with zero attached hydrogens (tertiary/aromatic N) is 2. The molecule has 0 bridgehead atoms. The number of halogens is 1. The Kier molecular flexibility index (Phi) is 7.57. The van der Waals surface area contributed by atoms with Gasteiger partial charge in [0, 0.05) is 10.3 Å². The van der Waals surface area contributed by atoms with E-state index in [-0.39, 0.29) is 46.3 Å². The van der Waals surface area contributed by atoms with Crippen molar-refractivity contribution in [3.8, 4) is 11.3 Å². The second-order valence-corrected chi connectivity index (χ2v) is 9.67. The number of carbonyl (C=O) groups excluding carboxylic acids is 2. The molecule has 4 rings (SSSR count). The van der Waals surface area contributed by atoms with Gasteiger partial charge in [0.05, 0.1) is 5.02 Å². The van der Waals surface area contributed by atoms with E-state index < -0.39 is 40.0 Å². The van der Waals surface area contributed by atoms with Crippen molar-refractivity contribution in [2.24, 2.45) is 0 Å². The van der Waals surface area contributed by atoms with Crippen LogP contribution in [0.2, 0.25) is 5.02 Å². The third-order valence-corrected chi connectivity index (χ3v) is 7.08. The van der Waals surface area contributed by atoms with Crippen LogP contribution in [0.5, 0.6) is 0 Å². The molecule has 0 saturated carbocycles. The van der Waals surface area contributed by atoms with E-state index in [0.29, 0.717) is 16.3 Å². The summed E-state index contributed by atoms with van der Waals surface area (Å²) in [5.41, 5.74) is 1.03. The molecule has 2 aromatic rings. The van der Waals surface area contributed by atoms with Crippen molar-refractivity contribution in [2.45, 2.75) is 43.0 Å². The van der Waals surface area contributed by atoms with Crippen molar-refractivity contribution in [2.75, 3.05) is 0 Å². The molecule has 0 unspecified atom stereocenters. The van der Waals surface area contributed by atoms with E-state index in [0.717, 1.165) is 0 Å². The van der Waals surface area contributed by atoms with Crippen LogP contribution in [0.3, 0.4) is 0 Å². The van der Waals surface area contributed by atoms with Gasteiger partial charge >= 0.3 is 35.5 Å². The van der Waals surface area contributed by atoms with Gasteiger partial charge < -0.3 is 25.3 Å². The van der Waals surface area contributed by atoms with Crippen molar-refractivity contribution in [3.05, 3.63) is 40.6 Å². The minimum absolute atomic E-state index is 0. The number of hydrogen-bond donors (Lipinski definition) is 2. The molecule has 3 heterocycles. The Morgan fingerprint density at radius 2 is 1.97 bits per heavy atom. The van der Waals surface area contributed by atoms with Gasteiger partial charge in [-0.1, -0.05) is 35.0 Å². The van der Waals surface area contributed by atoms with Crippen LogP contribution in [0, 0.1) is 6.92 Å². The number of hydrogen-bond acceptors (Lipinski definition) is 6. The Bertz CT molecular complexity index is 1050. The summed E-state index contributed by atoms with van der Waals surface area (Å²) in [7, 11) is 0. The number of β-lactam (4-membered cyclic amide) rings is 1. The van der Waals surface area contributed by atoms with Crippen LogP contribution >= 0.6 is 23.4 Å². The normalized spacial score (nSPS) is 23.2. The number of benzene rings is 1. The average molecular weight is 478 g/mol. The first-order valence-electron chi connectivity index (χ1n) is 8.88. The first-order valence-corrected chi connectivity index (χ1v) is 10.1. The Morgan fingerprint density at radius 3 is 2.58 bits per heavy atom. The molecule has 0 spiro atoms. The van der Waals surface area contributed by atoms with Crippen molar-refractivity contribution in [3.63, 3.8) is 0 Å². The van der Waals surface area contributed by atoms with E-state index in [1.165, 1.54) is 16.7 Å². The van der Waals surface area contributed by atoms with Gasteiger partial charge in [0.2, 0.25) is 5.91 Å². The molecule has 0 aliphatic carbocycles. The van der Waals surface area contributed by atoms with E-state index >= 15 is 0 Å². The minimum atomic E-state index is -1.06. The van der Waals surface area contributed by atoms with Crippen molar-refractivity contribution < 1.29 is 29.5 Å². The number of carboxylic acid groups (broad SMARTS) is 1. The first kappa shape index (κ1) is 25.7. The molecule has 2 aliphatic heterocycles. The van der Waals surface area contributed by atoms with Crippen LogP contribution < -0.4 is 5.32 Å². The van der Waals surface area contributed by atoms with Gasteiger partial charge in [0.1, 0.15) is 34.5 Å². The maximum atomic E-state index is 13.0. The van der Waals surface area contributed by atoms with Gasteiger partial charge in [-0.15, -0.1) is 11.8 Å². The van der Waals surface area contributed by atoms with Gasteiger partial charge in [-0.2, -0.15) is 0 Å². The zero-order chi connectivity index (χ0) is 21.1. The van der Waals surface area contributed by atoms with Crippen LogP contribution in [-0.4, -0.2) is 90.2 Å². The SMILES string of the molecule is Cc1onc(-c2ccccc2Cl)c1C(=O)N[C@@H]1C(=O)N2[C@@H]1SC(C)(C)[C@@H]2C(=O)O.O.[NaH]. The number of amides is 2. The number of rotatable bonds is 4. The maximum absolute atomic E-state index is 13.0. The standard InChI is InChI=1S/C19H18ClN3O5S.Na.H2O.H/c1-8-11(12(22-28-8)9-6-4-5-7-10(9)20)15(24)21-13-16(25)23-14(18(26)27)19(2,3)29-17(13)23;;;/h4-7,13-14,17H,1-3H3,(H,21,24)(H,26,27);;1H2;/t13-,14+,17-;;;/m1.../s1. The van der Waals surface area contributed by atoms with Crippen LogP contribution in [0.25, 0.3) is 11.3 Å². The molecule has 0 radical (unpaired) electrons. The molecule has 12 heteroatoms. The molecule has 3 atom stereocenters. The van der Waals surface area contributed by atoms with Gasteiger partial charge in [-0.3, -0.25) is 9.59 Å². The number of thioether (sulfide) groups is 1. The average Bonchev–Trinajstić information content (AvgIpc) is 3.15. The van der Waals surface area contributed by atoms with E-state index in [1.54, 1.807) is 45.0 Å². The van der Waals surface area contributed by atoms with Crippen LogP contribution in [0.1, 0.15) is 30.0 Å². The Balaban J connectivity index is 0.00000171. The Morgan fingerprint density at radius 1 is 1.32 bits per heavy atom. The topological polar surface area (TPSA) is 144 Å². The first-order chi connectivity index (χ1) is 13.6. The second kappa shape index (κ2) is 9.13. The van der Waals surface area contributed by atoms with Crippen molar-refractivity contribution in [1.29, 1.82) is 0 Å². The number of nitrogens with one attached hydrogen (secondary N) is 1. The Hall–Kier alpha value is -1.56. The van der Waals surface area contributed by atoms with Gasteiger partial charge in [-0.25, -0.2) is 4.79 Å². The molecular formula is C19H21ClN3NaO6S. The summed E-state index contributed by atoms with van der Waals surface area (Å²) < 4.78 is 4.54. The third-order valence-electron chi connectivity index (χ3n) is 5.18. The van der Waals surface area contributed by atoms with Gasteiger partial charge in [0.15, 0.2) is 0 Å². The van der Waals surface area contributed by atoms with E-state index in [1.807, 2.05) is 0 Å². The summed E-state index contributed by atoms with van der Waals surface area (Å²) in [6, 6.07) is 5.18. The van der Waals surface area contributed by atoms with Gasteiger partial charge in [-0.05, 0) is 26.8 Å². The number of carboxylic acids is 1. The number of fused-ring (bicyclic) bond motifs is 1. The second-order valence-electron chi connectivity index (χ2n) is 7.49. The number of aryl methyl sites for hydroxylation is 1.